The Morgan fingerprint density at radius 3 is 2.50 bits per heavy atom. The Hall–Kier alpha value is -2.57. The summed E-state index contributed by atoms with van der Waals surface area (Å²) in [5, 5.41) is 4.82. The first kappa shape index (κ1) is 13.5. The number of hydrogen-bond donors (Lipinski definition) is 3. The zero-order valence-corrected chi connectivity index (χ0v) is 9.51. The molecule has 0 unspecified atom stereocenters. The van der Waals surface area contributed by atoms with Crippen LogP contribution in [-0.4, -0.2) is 25.0 Å². The van der Waals surface area contributed by atoms with E-state index in [0.29, 0.717) is 12.1 Å². The Morgan fingerprint density at radius 1 is 1.28 bits per heavy atom. The minimum Gasteiger partial charge on any atom is -0.445 e. The molecule has 0 aliphatic heterocycles. The van der Waals surface area contributed by atoms with Gasteiger partial charge in [0.05, 0.1) is 6.54 Å². The summed E-state index contributed by atoms with van der Waals surface area (Å²) in [6.07, 6.45) is -0.392. The van der Waals surface area contributed by atoms with Gasteiger partial charge in [-0.2, -0.15) is 0 Å². The zero-order chi connectivity index (χ0) is 13.4. The van der Waals surface area contributed by atoms with Gasteiger partial charge in [0.25, 0.3) is 0 Å². The van der Waals surface area contributed by atoms with Gasteiger partial charge < -0.3 is 21.1 Å². The average Bonchev–Trinajstić information content (AvgIpc) is 2.35. The van der Waals surface area contributed by atoms with Crippen molar-refractivity contribution in [1.82, 2.24) is 5.32 Å². The van der Waals surface area contributed by atoms with Gasteiger partial charge in [-0.25, -0.2) is 4.79 Å². The lowest BCUT2D eigenvalue weighted by molar-refractivity contribution is -0.118. The first-order chi connectivity index (χ1) is 8.61. The lowest BCUT2D eigenvalue weighted by Crippen LogP contribution is -2.26. The SMILES string of the molecule is NC(=O)OCc1ccc(NC(=O)CNC=O)cc1. The molecular formula is C11H13N3O4. The van der Waals surface area contributed by atoms with Gasteiger partial charge in [0.2, 0.25) is 12.3 Å². The minimum atomic E-state index is -0.840. The van der Waals surface area contributed by atoms with E-state index >= 15 is 0 Å². The molecule has 0 saturated heterocycles. The maximum atomic E-state index is 11.3. The molecule has 4 N–H and O–H groups in total. The second kappa shape index (κ2) is 6.89. The molecule has 0 saturated carbocycles. The molecule has 18 heavy (non-hydrogen) atoms. The Bertz CT molecular complexity index is 430. The average molecular weight is 251 g/mol. The van der Waals surface area contributed by atoms with E-state index in [2.05, 4.69) is 15.4 Å². The number of anilines is 1. The second-order valence-electron chi connectivity index (χ2n) is 3.35. The summed E-state index contributed by atoms with van der Waals surface area (Å²) >= 11 is 0. The molecule has 0 heterocycles. The van der Waals surface area contributed by atoms with Crippen LogP contribution >= 0.6 is 0 Å². The number of carbonyl (C=O) groups is 3. The van der Waals surface area contributed by atoms with Crippen molar-refractivity contribution in [3.8, 4) is 0 Å². The third-order valence-electron chi connectivity index (χ3n) is 1.96. The number of rotatable bonds is 6. The largest absolute Gasteiger partial charge is 0.445 e. The molecule has 0 spiro atoms. The Kier molecular flexibility index (Phi) is 5.17. The number of carbonyl (C=O) groups excluding carboxylic acids is 3. The summed E-state index contributed by atoms with van der Waals surface area (Å²) in [4.78, 5) is 31.6. The maximum Gasteiger partial charge on any atom is 0.404 e. The third-order valence-corrected chi connectivity index (χ3v) is 1.96. The Balaban J connectivity index is 2.46. The minimum absolute atomic E-state index is 0.0796. The fourth-order valence-electron chi connectivity index (χ4n) is 1.18. The van der Waals surface area contributed by atoms with Crippen LogP contribution in [0.5, 0.6) is 0 Å². The summed E-state index contributed by atoms with van der Waals surface area (Å²) in [6, 6.07) is 6.68. The van der Waals surface area contributed by atoms with Crippen molar-refractivity contribution in [1.29, 1.82) is 0 Å². The molecule has 7 nitrogen and oxygen atoms in total. The van der Waals surface area contributed by atoms with E-state index < -0.39 is 6.09 Å². The van der Waals surface area contributed by atoms with E-state index in [4.69, 9.17) is 5.73 Å². The molecule has 0 atom stereocenters. The van der Waals surface area contributed by atoms with Crippen LogP contribution in [0.3, 0.4) is 0 Å². The first-order valence-electron chi connectivity index (χ1n) is 5.10. The van der Waals surface area contributed by atoms with Crippen molar-refractivity contribution in [3.63, 3.8) is 0 Å². The lowest BCUT2D eigenvalue weighted by atomic mass is 10.2. The number of hydrogen-bond acceptors (Lipinski definition) is 4. The van der Waals surface area contributed by atoms with Crippen molar-refractivity contribution in [3.05, 3.63) is 29.8 Å². The van der Waals surface area contributed by atoms with Crippen LogP contribution < -0.4 is 16.4 Å². The number of amides is 3. The lowest BCUT2D eigenvalue weighted by Gasteiger charge is -2.06. The summed E-state index contributed by atoms with van der Waals surface area (Å²) in [7, 11) is 0. The molecule has 1 aromatic carbocycles. The van der Waals surface area contributed by atoms with Crippen molar-refractivity contribution >= 4 is 24.1 Å². The van der Waals surface area contributed by atoms with Crippen molar-refractivity contribution < 1.29 is 19.1 Å². The van der Waals surface area contributed by atoms with Crippen LogP contribution in [0.15, 0.2) is 24.3 Å². The van der Waals surface area contributed by atoms with E-state index in [1.165, 1.54) is 0 Å². The molecule has 3 amide bonds. The highest BCUT2D eigenvalue weighted by Crippen LogP contribution is 2.10. The normalized spacial score (nSPS) is 9.33. The molecule has 7 heteroatoms. The number of ether oxygens (including phenoxy) is 1. The molecule has 0 aliphatic carbocycles. The first-order valence-corrected chi connectivity index (χ1v) is 5.10. The molecule has 0 aliphatic rings. The standard InChI is InChI=1S/C11H13N3O4/c12-11(17)18-6-8-1-3-9(4-2-8)14-10(16)5-13-7-15/h1-4,7H,5-6H2,(H2,12,17)(H,13,15)(H,14,16). The highest BCUT2D eigenvalue weighted by Gasteiger charge is 2.02. The van der Waals surface area contributed by atoms with Gasteiger partial charge in [0, 0.05) is 5.69 Å². The van der Waals surface area contributed by atoms with E-state index in [0.717, 1.165) is 5.56 Å². The van der Waals surface area contributed by atoms with Crippen LogP contribution in [0.4, 0.5) is 10.5 Å². The van der Waals surface area contributed by atoms with E-state index in [1.54, 1.807) is 24.3 Å². The molecule has 0 fully saturated rings. The van der Waals surface area contributed by atoms with Crippen molar-refractivity contribution in [2.24, 2.45) is 5.73 Å². The van der Waals surface area contributed by atoms with E-state index in [1.807, 2.05) is 0 Å². The highest BCUT2D eigenvalue weighted by atomic mass is 16.5. The van der Waals surface area contributed by atoms with E-state index in [9.17, 15) is 14.4 Å². The van der Waals surface area contributed by atoms with Gasteiger partial charge in [0.1, 0.15) is 6.61 Å². The van der Waals surface area contributed by atoms with Crippen LogP contribution in [0.25, 0.3) is 0 Å². The van der Waals surface area contributed by atoms with Gasteiger partial charge >= 0.3 is 6.09 Å². The van der Waals surface area contributed by atoms with Crippen LogP contribution in [0, 0.1) is 0 Å². The van der Waals surface area contributed by atoms with Crippen LogP contribution in [-0.2, 0) is 20.9 Å². The van der Waals surface area contributed by atoms with E-state index in [-0.39, 0.29) is 19.1 Å². The fourth-order valence-corrected chi connectivity index (χ4v) is 1.18. The van der Waals surface area contributed by atoms with Gasteiger partial charge in [0.15, 0.2) is 0 Å². The smallest absolute Gasteiger partial charge is 0.404 e. The third kappa shape index (κ3) is 4.97. The summed E-state index contributed by atoms with van der Waals surface area (Å²) in [5.74, 6) is -0.330. The molecule has 1 aromatic rings. The van der Waals surface area contributed by atoms with Gasteiger partial charge in [-0.3, -0.25) is 9.59 Å². The molecule has 1 rings (SSSR count). The predicted octanol–water partition coefficient (Wildman–Crippen LogP) is -0.0336. The summed E-state index contributed by atoms with van der Waals surface area (Å²) in [5.41, 5.74) is 6.16. The maximum absolute atomic E-state index is 11.3. The predicted molar refractivity (Wildman–Crippen MR) is 63.5 cm³/mol. The molecular weight excluding hydrogens is 238 g/mol. The highest BCUT2D eigenvalue weighted by molar-refractivity contribution is 5.93. The second-order valence-corrected chi connectivity index (χ2v) is 3.35. The van der Waals surface area contributed by atoms with Crippen LogP contribution in [0.2, 0.25) is 0 Å². The molecule has 0 bridgehead atoms. The quantitative estimate of drug-likeness (QED) is 0.616. The van der Waals surface area contributed by atoms with Gasteiger partial charge in [-0.05, 0) is 17.7 Å². The number of nitrogens with two attached hydrogens (primary N) is 1. The molecule has 0 aromatic heterocycles. The molecule has 0 radical (unpaired) electrons. The van der Waals surface area contributed by atoms with Gasteiger partial charge in [-0.15, -0.1) is 0 Å². The fraction of sp³-hybridized carbons (Fsp3) is 0.182. The van der Waals surface area contributed by atoms with Crippen LogP contribution in [0.1, 0.15) is 5.56 Å². The number of primary amides is 1. The monoisotopic (exact) mass is 251 g/mol. The zero-order valence-electron chi connectivity index (χ0n) is 9.51. The van der Waals surface area contributed by atoms with Crippen molar-refractivity contribution in [2.75, 3.05) is 11.9 Å². The van der Waals surface area contributed by atoms with Gasteiger partial charge in [-0.1, -0.05) is 12.1 Å². The topological polar surface area (TPSA) is 111 Å². The van der Waals surface area contributed by atoms with Crippen molar-refractivity contribution in [2.45, 2.75) is 6.61 Å². The summed E-state index contributed by atoms with van der Waals surface area (Å²) < 4.78 is 4.60. The Labute approximate surface area is 103 Å². The summed E-state index contributed by atoms with van der Waals surface area (Å²) in [6.45, 7) is -0.00764. The number of benzene rings is 1. The Morgan fingerprint density at radius 2 is 1.94 bits per heavy atom. The number of nitrogens with one attached hydrogen (secondary N) is 2. The molecule has 96 valence electrons.